The molecule has 0 bridgehead atoms. The summed E-state index contributed by atoms with van der Waals surface area (Å²) in [4.78, 5) is 11.8. The summed E-state index contributed by atoms with van der Waals surface area (Å²) in [6, 6.07) is 1.10. The second-order valence-corrected chi connectivity index (χ2v) is 14.4. The Balaban J connectivity index is 3.33. The maximum Gasteiger partial charge on any atom is 0.356 e. The van der Waals surface area contributed by atoms with Gasteiger partial charge in [0.05, 0.1) is 7.11 Å². The molecule has 0 amide bonds. The van der Waals surface area contributed by atoms with Crippen LogP contribution in [0.25, 0.3) is 0 Å². The van der Waals surface area contributed by atoms with E-state index >= 15 is 0 Å². The molecule has 23 heavy (non-hydrogen) atoms. The van der Waals surface area contributed by atoms with Crippen LogP contribution in [-0.2, 0) is 14.8 Å². The molecule has 0 aliphatic heterocycles. The zero-order chi connectivity index (χ0) is 18.2. The van der Waals surface area contributed by atoms with Gasteiger partial charge in [0, 0.05) is 12.1 Å². The highest BCUT2D eigenvalue weighted by molar-refractivity contribution is 7.90. The summed E-state index contributed by atoms with van der Waals surface area (Å²) >= 11 is 0. The monoisotopic (exact) mass is 361 g/mol. The Morgan fingerprint density at radius 2 is 1.87 bits per heavy atom. The summed E-state index contributed by atoms with van der Waals surface area (Å²) in [5, 5.41) is 3.79. The van der Waals surface area contributed by atoms with E-state index in [-0.39, 0.29) is 21.8 Å². The molecule has 0 fully saturated rings. The van der Waals surface area contributed by atoms with Crippen molar-refractivity contribution in [3.63, 3.8) is 0 Å². The fourth-order valence-corrected chi connectivity index (χ4v) is 6.49. The van der Waals surface area contributed by atoms with Gasteiger partial charge in [-0.25, -0.2) is 17.6 Å². The summed E-state index contributed by atoms with van der Waals surface area (Å²) in [5.41, 5.74) is 0.123. The van der Waals surface area contributed by atoms with Crippen molar-refractivity contribution in [2.45, 2.75) is 63.8 Å². The third kappa shape index (κ3) is 4.21. The van der Waals surface area contributed by atoms with Gasteiger partial charge in [-0.05, 0) is 18.9 Å². The number of rotatable bonds is 5. The lowest BCUT2D eigenvalue weighted by Gasteiger charge is -2.36. The van der Waals surface area contributed by atoms with Gasteiger partial charge in [0.1, 0.15) is 13.9 Å². The van der Waals surface area contributed by atoms with Crippen molar-refractivity contribution < 1.29 is 17.9 Å². The van der Waals surface area contributed by atoms with Gasteiger partial charge in [-0.3, -0.25) is 4.68 Å². The van der Waals surface area contributed by atoms with Gasteiger partial charge in [0.25, 0.3) is 10.0 Å². The van der Waals surface area contributed by atoms with E-state index < -0.39 is 24.2 Å². The highest BCUT2D eigenvalue weighted by Gasteiger charge is 2.40. The van der Waals surface area contributed by atoms with Crippen LogP contribution in [-0.4, -0.2) is 39.5 Å². The van der Waals surface area contributed by atoms with Crippen molar-refractivity contribution in [3.05, 3.63) is 11.8 Å². The van der Waals surface area contributed by atoms with Crippen LogP contribution in [0.3, 0.4) is 0 Å². The Kier molecular flexibility index (Phi) is 5.50. The molecule has 1 rings (SSSR count). The van der Waals surface area contributed by atoms with Gasteiger partial charge in [0.2, 0.25) is 0 Å². The smallest absolute Gasteiger partial charge is 0.356 e. The normalized spacial score (nSPS) is 13.4. The standard InChI is InChI=1S/C14H27N3O4SSi/c1-10(2)17-11(13(18)21-6)9-12(15-17)22(19,20)16-23(7,8)14(3,4)5/h9-10,16H,1-8H3. The number of aromatic nitrogens is 2. The molecule has 0 unspecified atom stereocenters. The first-order valence-electron chi connectivity index (χ1n) is 7.45. The zero-order valence-electron chi connectivity index (χ0n) is 15.1. The number of carbonyl (C=O) groups excluding carboxylic acids is 1. The van der Waals surface area contributed by atoms with E-state index in [0.717, 1.165) is 0 Å². The first-order chi connectivity index (χ1) is 10.2. The second-order valence-electron chi connectivity index (χ2n) is 7.38. The Bertz CT molecular complexity index is 687. The van der Waals surface area contributed by atoms with Crippen LogP contribution in [0.1, 0.15) is 51.1 Å². The predicted molar refractivity (Wildman–Crippen MR) is 91.5 cm³/mol. The van der Waals surface area contributed by atoms with E-state index in [4.69, 9.17) is 4.74 Å². The molecule has 0 spiro atoms. The van der Waals surface area contributed by atoms with Crippen LogP contribution in [0.2, 0.25) is 18.1 Å². The van der Waals surface area contributed by atoms with Crippen LogP contribution < -0.4 is 4.39 Å². The van der Waals surface area contributed by atoms with Gasteiger partial charge in [-0.1, -0.05) is 33.9 Å². The fraction of sp³-hybridized carbons (Fsp3) is 0.714. The molecule has 132 valence electrons. The molecule has 0 atom stereocenters. The zero-order valence-corrected chi connectivity index (χ0v) is 16.9. The van der Waals surface area contributed by atoms with Crippen molar-refractivity contribution >= 4 is 24.2 Å². The molecular weight excluding hydrogens is 334 g/mol. The number of esters is 1. The maximum absolute atomic E-state index is 12.7. The molecule has 9 heteroatoms. The van der Waals surface area contributed by atoms with Gasteiger partial charge < -0.3 is 4.74 Å². The highest BCUT2D eigenvalue weighted by Crippen LogP contribution is 2.34. The molecule has 0 saturated heterocycles. The number of sulfonamides is 1. The molecule has 0 aliphatic rings. The van der Waals surface area contributed by atoms with Crippen LogP contribution in [0.5, 0.6) is 0 Å². The minimum Gasteiger partial charge on any atom is -0.464 e. The van der Waals surface area contributed by atoms with Crippen molar-refractivity contribution in [1.82, 2.24) is 14.2 Å². The number of carbonyl (C=O) groups is 1. The van der Waals surface area contributed by atoms with E-state index in [0.29, 0.717) is 0 Å². The SMILES string of the molecule is COC(=O)c1cc(S(=O)(=O)N[Si](C)(C)C(C)(C)C)nn1C(C)C. The number of methoxy groups -OCH3 is 1. The number of ether oxygens (including phenoxy) is 1. The average molecular weight is 362 g/mol. The first-order valence-corrected chi connectivity index (χ1v) is 11.9. The highest BCUT2D eigenvalue weighted by atomic mass is 32.2. The molecule has 0 aromatic carbocycles. The van der Waals surface area contributed by atoms with Gasteiger partial charge in [0.15, 0.2) is 5.03 Å². The van der Waals surface area contributed by atoms with Crippen LogP contribution >= 0.6 is 0 Å². The van der Waals surface area contributed by atoms with Crippen molar-refractivity contribution in [1.29, 1.82) is 0 Å². The second kappa shape index (κ2) is 6.37. The summed E-state index contributed by atoms with van der Waals surface area (Å²) in [6.07, 6.45) is 0. The first kappa shape index (κ1) is 19.9. The Hall–Kier alpha value is -1.19. The Morgan fingerprint density at radius 3 is 2.26 bits per heavy atom. The molecule has 1 aromatic heterocycles. The topological polar surface area (TPSA) is 90.3 Å². The number of hydrogen-bond donors (Lipinski definition) is 1. The summed E-state index contributed by atoms with van der Waals surface area (Å²) in [5.74, 6) is -0.611. The van der Waals surface area contributed by atoms with E-state index in [1.54, 1.807) is 0 Å². The molecule has 0 radical (unpaired) electrons. The van der Waals surface area contributed by atoms with Crippen LogP contribution in [0, 0.1) is 0 Å². The third-order valence-corrected chi connectivity index (χ3v) is 11.8. The fourth-order valence-electron chi connectivity index (χ4n) is 1.70. The molecule has 1 N–H and O–H groups in total. The lowest BCUT2D eigenvalue weighted by molar-refractivity contribution is 0.0584. The van der Waals surface area contributed by atoms with Crippen LogP contribution in [0.4, 0.5) is 0 Å². The largest absolute Gasteiger partial charge is 0.464 e. The van der Waals surface area contributed by atoms with E-state index in [2.05, 4.69) is 9.49 Å². The van der Waals surface area contributed by atoms with Crippen molar-refractivity contribution in [2.75, 3.05) is 7.11 Å². The minimum atomic E-state index is -3.81. The molecule has 0 saturated carbocycles. The molecular formula is C14H27N3O4SSi. The lowest BCUT2D eigenvalue weighted by atomic mass is 10.2. The average Bonchev–Trinajstić information content (AvgIpc) is 2.81. The molecule has 1 heterocycles. The third-order valence-electron chi connectivity index (χ3n) is 4.14. The van der Waals surface area contributed by atoms with Gasteiger partial charge in [-0.2, -0.15) is 5.10 Å². The van der Waals surface area contributed by atoms with Gasteiger partial charge >= 0.3 is 5.97 Å². The van der Waals surface area contributed by atoms with Crippen molar-refractivity contribution in [3.8, 4) is 0 Å². The van der Waals surface area contributed by atoms with Crippen LogP contribution in [0.15, 0.2) is 11.1 Å². The van der Waals surface area contributed by atoms with E-state index in [1.807, 2.05) is 47.7 Å². The molecule has 7 nitrogen and oxygen atoms in total. The molecule has 0 aliphatic carbocycles. The summed E-state index contributed by atoms with van der Waals surface area (Å²) in [7, 11) is -4.85. The van der Waals surface area contributed by atoms with Gasteiger partial charge in [-0.15, -0.1) is 0 Å². The quantitative estimate of drug-likeness (QED) is 0.643. The summed E-state index contributed by atoms with van der Waals surface area (Å²) in [6.45, 7) is 13.6. The van der Waals surface area contributed by atoms with E-state index in [9.17, 15) is 13.2 Å². The van der Waals surface area contributed by atoms with Crippen molar-refractivity contribution in [2.24, 2.45) is 0 Å². The number of nitrogens with one attached hydrogen (secondary N) is 1. The minimum absolute atomic E-state index is 0.123. The summed E-state index contributed by atoms with van der Waals surface area (Å²) < 4.78 is 34.3. The Morgan fingerprint density at radius 1 is 1.35 bits per heavy atom. The predicted octanol–water partition coefficient (Wildman–Crippen LogP) is 2.53. The Labute approximate surface area is 139 Å². The number of nitrogens with zero attached hydrogens (tertiary/aromatic N) is 2. The maximum atomic E-state index is 12.7. The number of hydrogen-bond acceptors (Lipinski definition) is 5. The van der Waals surface area contributed by atoms with E-state index in [1.165, 1.54) is 17.9 Å². The lowest BCUT2D eigenvalue weighted by Crippen LogP contribution is -2.54. The molecule has 1 aromatic rings.